The summed E-state index contributed by atoms with van der Waals surface area (Å²) in [5.41, 5.74) is 1.80. The van der Waals surface area contributed by atoms with Crippen LogP contribution in [0, 0.1) is 5.92 Å². The zero-order valence-corrected chi connectivity index (χ0v) is 15.9. The Balaban J connectivity index is 1.49. The molecule has 3 aliphatic rings. The number of nitrogens with zero attached hydrogens (tertiary/aromatic N) is 3. The minimum Gasteiger partial charge on any atom is -0.274 e. The summed E-state index contributed by atoms with van der Waals surface area (Å²) in [4.78, 5) is 28.8. The normalized spacial score (nSPS) is 27.0. The Hall–Kier alpha value is -3.02. The van der Waals surface area contributed by atoms with Gasteiger partial charge in [0.2, 0.25) is 5.91 Å². The summed E-state index contributed by atoms with van der Waals surface area (Å²) in [6, 6.07) is 23.4. The zero-order valence-electron chi connectivity index (χ0n) is 15.9. The van der Waals surface area contributed by atoms with Gasteiger partial charge in [-0.3, -0.25) is 9.59 Å². The van der Waals surface area contributed by atoms with Crippen molar-refractivity contribution in [3.63, 3.8) is 0 Å². The molecule has 3 heterocycles. The first-order valence-corrected chi connectivity index (χ1v) is 10.2. The standard InChI is InChI=1S/C24H21N3O2/c28-23-20-21(17-9-2-1-3-10-17)25-14-7-15-26(25)22(20)24(29)27(23)19-13-6-11-16-8-4-5-12-18(16)19/h1-6,8-13,20-22H,7,14-15H2/t20-,21+,22+/m0/s1. The van der Waals surface area contributed by atoms with Crippen LogP contribution < -0.4 is 4.90 Å². The summed E-state index contributed by atoms with van der Waals surface area (Å²) in [6.45, 7) is 1.72. The molecule has 3 atom stereocenters. The lowest BCUT2D eigenvalue weighted by Gasteiger charge is -2.30. The fraction of sp³-hybridized carbons (Fsp3) is 0.250. The Morgan fingerprint density at radius 3 is 2.21 bits per heavy atom. The Kier molecular flexibility index (Phi) is 3.63. The molecular weight excluding hydrogens is 362 g/mol. The van der Waals surface area contributed by atoms with Gasteiger partial charge in [0.25, 0.3) is 5.91 Å². The molecule has 3 aromatic rings. The molecule has 0 unspecified atom stereocenters. The van der Waals surface area contributed by atoms with E-state index in [0.717, 1.165) is 35.8 Å². The van der Waals surface area contributed by atoms with E-state index in [1.807, 2.05) is 60.7 Å². The number of fused-ring (bicyclic) bond motifs is 4. The highest BCUT2D eigenvalue weighted by molar-refractivity contribution is 6.26. The van der Waals surface area contributed by atoms with E-state index in [0.29, 0.717) is 5.69 Å². The van der Waals surface area contributed by atoms with Gasteiger partial charge in [-0.05, 0) is 23.4 Å². The summed E-state index contributed by atoms with van der Waals surface area (Å²) >= 11 is 0. The van der Waals surface area contributed by atoms with Crippen LogP contribution in [0.3, 0.4) is 0 Å². The lowest BCUT2D eigenvalue weighted by atomic mass is 9.90. The quantitative estimate of drug-likeness (QED) is 0.637. The maximum atomic E-state index is 13.7. The number of benzene rings is 3. The monoisotopic (exact) mass is 383 g/mol. The van der Waals surface area contributed by atoms with Gasteiger partial charge in [-0.15, -0.1) is 0 Å². The largest absolute Gasteiger partial charge is 0.274 e. The molecule has 144 valence electrons. The van der Waals surface area contributed by atoms with Crippen LogP contribution in [0.2, 0.25) is 0 Å². The lowest BCUT2D eigenvalue weighted by Crippen LogP contribution is -2.44. The number of imide groups is 1. The molecule has 3 saturated heterocycles. The number of carbonyl (C=O) groups excluding carboxylic acids is 2. The van der Waals surface area contributed by atoms with E-state index in [4.69, 9.17) is 0 Å². The van der Waals surface area contributed by atoms with Crippen molar-refractivity contribution >= 4 is 28.3 Å². The van der Waals surface area contributed by atoms with E-state index >= 15 is 0 Å². The Morgan fingerprint density at radius 1 is 0.690 bits per heavy atom. The lowest BCUT2D eigenvalue weighted by molar-refractivity contribution is -0.126. The molecule has 0 bridgehead atoms. The molecular formula is C24H21N3O2. The maximum Gasteiger partial charge on any atom is 0.253 e. The number of hydrogen-bond donors (Lipinski definition) is 0. The molecule has 5 heteroatoms. The molecule has 0 N–H and O–H groups in total. The predicted molar refractivity (Wildman–Crippen MR) is 111 cm³/mol. The molecule has 6 rings (SSSR count). The van der Waals surface area contributed by atoms with Crippen molar-refractivity contribution in [2.75, 3.05) is 18.0 Å². The van der Waals surface area contributed by atoms with Crippen molar-refractivity contribution in [1.82, 2.24) is 10.0 Å². The highest BCUT2D eigenvalue weighted by atomic mass is 16.2. The van der Waals surface area contributed by atoms with Gasteiger partial charge in [0.15, 0.2) is 0 Å². The van der Waals surface area contributed by atoms with Crippen LogP contribution in [-0.4, -0.2) is 41.0 Å². The van der Waals surface area contributed by atoms with Crippen LogP contribution in [0.15, 0.2) is 72.8 Å². The molecule has 2 amide bonds. The van der Waals surface area contributed by atoms with Crippen LogP contribution in [-0.2, 0) is 9.59 Å². The first-order valence-electron chi connectivity index (χ1n) is 10.2. The van der Waals surface area contributed by atoms with Crippen molar-refractivity contribution < 1.29 is 9.59 Å². The van der Waals surface area contributed by atoms with Gasteiger partial charge >= 0.3 is 0 Å². The maximum absolute atomic E-state index is 13.7. The summed E-state index contributed by atoms with van der Waals surface area (Å²) in [6.07, 6.45) is 1.02. The molecule has 3 fully saturated rings. The van der Waals surface area contributed by atoms with Gasteiger partial charge in [0.05, 0.1) is 17.6 Å². The van der Waals surface area contributed by atoms with Crippen LogP contribution in [0.4, 0.5) is 5.69 Å². The van der Waals surface area contributed by atoms with E-state index in [2.05, 4.69) is 22.2 Å². The third-order valence-corrected chi connectivity index (χ3v) is 6.55. The zero-order chi connectivity index (χ0) is 19.5. The van der Waals surface area contributed by atoms with Crippen molar-refractivity contribution in [3.8, 4) is 0 Å². The number of hydrazine groups is 1. The van der Waals surface area contributed by atoms with E-state index < -0.39 is 6.04 Å². The van der Waals surface area contributed by atoms with Crippen LogP contribution in [0.1, 0.15) is 18.0 Å². The van der Waals surface area contributed by atoms with Gasteiger partial charge in [0, 0.05) is 18.5 Å². The molecule has 3 aromatic carbocycles. The van der Waals surface area contributed by atoms with Crippen molar-refractivity contribution in [2.24, 2.45) is 5.92 Å². The average Bonchev–Trinajstić information content (AvgIpc) is 3.40. The second-order valence-electron chi connectivity index (χ2n) is 8.02. The van der Waals surface area contributed by atoms with Crippen molar-refractivity contribution in [1.29, 1.82) is 0 Å². The van der Waals surface area contributed by atoms with E-state index in [9.17, 15) is 9.59 Å². The number of hydrogen-bond acceptors (Lipinski definition) is 4. The fourth-order valence-corrected chi connectivity index (χ4v) is 5.40. The van der Waals surface area contributed by atoms with Crippen molar-refractivity contribution in [3.05, 3.63) is 78.4 Å². The molecule has 0 aromatic heterocycles. The van der Waals surface area contributed by atoms with Gasteiger partial charge in [-0.2, -0.15) is 0 Å². The van der Waals surface area contributed by atoms with Gasteiger partial charge < -0.3 is 0 Å². The molecule has 29 heavy (non-hydrogen) atoms. The number of carbonyl (C=O) groups is 2. The van der Waals surface area contributed by atoms with Crippen LogP contribution >= 0.6 is 0 Å². The van der Waals surface area contributed by atoms with E-state index in [-0.39, 0.29) is 23.8 Å². The van der Waals surface area contributed by atoms with E-state index in [1.54, 1.807) is 0 Å². The fourth-order valence-electron chi connectivity index (χ4n) is 5.40. The van der Waals surface area contributed by atoms with Crippen LogP contribution in [0.5, 0.6) is 0 Å². The predicted octanol–water partition coefficient (Wildman–Crippen LogP) is 3.38. The minimum absolute atomic E-state index is 0.0832. The first kappa shape index (κ1) is 16.9. The average molecular weight is 383 g/mol. The number of anilines is 1. The molecule has 0 aliphatic carbocycles. The minimum atomic E-state index is -0.408. The summed E-state index contributed by atoms with van der Waals surface area (Å²) < 4.78 is 0. The number of amides is 2. The second-order valence-corrected chi connectivity index (χ2v) is 8.02. The highest BCUT2D eigenvalue weighted by Crippen LogP contribution is 2.49. The van der Waals surface area contributed by atoms with Gasteiger partial charge in [0.1, 0.15) is 6.04 Å². The summed E-state index contributed by atoms with van der Waals surface area (Å²) in [5, 5.41) is 6.37. The molecule has 0 spiro atoms. The van der Waals surface area contributed by atoms with Gasteiger partial charge in [-0.1, -0.05) is 66.7 Å². The Bertz CT molecular complexity index is 1120. The first-order chi connectivity index (χ1) is 14.3. The highest BCUT2D eigenvalue weighted by Gasteiger charge is 2.62. The third-order valence-electron chi connectivity index (χ3n) is 6.55. The Labute approximate surface area is 169 Å². The SMILES string of the molecule is O=C1[C@H]2[C@@H](c3ccccc3)N3CCCN3[C@H]2C(=O)N1c1cccc2ccccc12. The van der Waals surface area contributed by atoms with Crippen molar-refractivity contribution in [2.45, 2.75) is 18.5 Å². The molecule has 5 nitrogen and oxygen atoms in total. The molecule has 3 aliphatic heterocycles. The molecule has 0 radical (unpaired) electrons. The third kappa shape index (κ3) is 2.29. The van der Waals surface area contributed by atoms with E-state index in [1.165, 1.54) is 4.90 Å². The topological polar surface area (TPSA) is 43.9 Å². The smallest absolute Gasteiger partial charge is 0.253 e. The number of rotatable bonds is 2. The molecule has 0 saturated carbocycles. The Morgan fingerprint density at radius 2 is 1.38 bits per heavy atom. The summed E-state index contributed by atoms with van der Waals surface area (Å²) in [7, 11) is 0. The summed E-state index contributed by atoms with van der Waals surface area (Å²) in [5.74, 6) is -0.551. The van der Waals surface area contributed by atoms with Crippen LogP contribution in [0.25, 0.3) is 10.8 Å². The second kappa shape index (κ2) is 6.24. The van der Waals surface area contributed by atoms with Gasteiger partial charge in [-0.25, -0.2) is 14.9 Å².